The van der Waals surface area contributed by atoms with Crippen molar-refractivity contribution in [3.8, 4) is 5.69 Å². The van der Waals surface area contributed by atoms with Gasteiger partial charge in [-0.2, -0.15) is 5.10 Å². The van der Waals surface area contributed by atoms with Crippen LogP contribution < -0.4 is 5.32 Å². The molecule has 0 spiro atoms. The van der Waals surface area contributed by atoms with Crippen LogP contribution in [0.15, 0.2) is 30.5 Å². The zero-order valence-electron chi connectivity index (χ0n) is 14.1. The molecule has 6 heteroatoms. The van der Waals surface area contributed by atoms with Crippen LogP contribution in [0.4, 0.5) is 0 Å². The third-order valence-electron chi connectivity index (χ3n) is 4.60. The van der Waals surface area contributed by atoms with E-state index in [0.29, 0.717) is 31.6 Å². The monoisotopic (exact) mass is 329 g/mol. The minimum atomic E-state index is -0.881. The molecule has 1 amide bonds. The lowest BCUT2D eigenvalue weighted by Crippen LogP contribution is -2.46. The number of amides is 1. The smallest absolute Gasteiger partial charge is 0.254 e. The lowest BCUT2D eigenvalue weighted by Gasteiger charge is -2.32. The fraction of sp³-hybridized carbons (Fsp3) is 0.444. The normalized spacial score (nSPS) is 16.8. The van der Waals surface area contributed by atoms with Crippen LogP contribution in [0.5, 0.6) is 0 Å². The average molecular weight is 329 g/mol. The Bertz CT molecular complexity index is 733. The van der Waals surface area contributed by atoms with Gasteiger partial charge in [-0.1, -0.05) is 18.2 Å². The molecule has 0 aliphatic carbocycles. The highest BCUT2D eigenvalue weighted by Gasteiger charge is 2.30. The number of aryl methyl sites for hydroxylation is 1. The fourth-order valence-electron chi connectivity index (χ4n) is 2.94. The van der Waals surface area contributed by atoms with Crippen molar-refractivity contribution in [1.82, 2.24) is 15.1 Å². The van der Waals surface area contributed by atoms with Gasteiger partial charge in [0.15, 0.2) is 0 Å². The summed E-state index contributed by atoms with van der Waals surface area (Å²) in [6.45, 7) is 5.16. The highest BCUT2D eigenvalue weighted by atomic mass is 16.5. The van der Waals surface area contributed by atoms with Crippen molar-refractivity contribution in [3.63, 3.8) is 0 Å². The van der Waals surface area contributed by atoms with Gasteiger partial charge in [0.05, 0.1) is 28.7 Å². The average Bonchev–Trinajstić information content (AvgIpc) is 2.95. The van der Waals surface area contributed by atoms with E-state index in [-0.39, 0.29) is 12.5 Å². The van der Waals surface area contributed by atoms with E-state index in [2.05, 4.69) is 10.4 Å². The molecule has 24 heavy (non-hydrogen) atoms. The summed E-state index contributed by atoms with van der Waals surface area (Å²) < 4.78 is 7.02. The van der Waals surface area contributed by atoms with Gasteiger partial charge in [-0.05, 0) is 25.5 Å². The van der Waals surface area contributed by atoms with Gasteiger partial charge in [0.1, 0.15) is 0 Å². The number of hydrogen-bond donors (Lipinski definition) is 2. The third kappa shape index (κ3) is 3.34. The van der Waals surface area contributed by atoms with Crippen LogP contribution in [0.2, 0.25) is 0 Å². The van der Waals surface area contributed by atoms with Crippen LogP contribution in [0, 0.1) is 13.8 Å². The maximum absolute atomic E-state index is 12.5. The molecule has 0 atom stereocenters. The number of para-hydroxylation sites is 1. The maximum atomic E-state index is 12.5. The summed E-state index contributed by atoms with van der Waals surface area (Å²) in [5.74, 6) is -0.216. The van der Waals surface area contributed by atoms with E-state index in [0.717, 1.165) is 16.9 Å². The molecule has 1 aromatic carbocycles. The lowest BCUT2D eigenvalue weighted by atomic mass is 9.94. The molecular weight excluding hydrogens is 306 g/mol. The maximum Gasteiger partial charge on any atom is 0.254 e. The van der Waals surface area contributed by atoms with E-state index in [1.165, 1.54) is 0 Å². The summed E-state index contributed by atoms with van der Waals surface area (Å²) >= 11 is 0. The Balaban J connectivity index is 1.73. The first-order valence-corrected chi connectivity index (χ1v) is 8.19. The quantitative estimate of drug-likeness (QED) is 0.896. The van der Waals surface area contributed by atoms with Gasteiger partial charge in [0.25, 0.3) is 5.91 Å². The molecular formula is C18H23N3O3. The summed E-state index contributed by atoms with van der Waals surface area (Å²) in [6, 6.07) is 7.91. The second kappa shape index (κ2) is 6.75. The second-order valence-corrected chi connectivity index (χ2v) is 6.36. The molecule has 0 saturated carbocycles. The Morgan fingerprint density at radius 2 is 2.04 bits per heavy atom. The summed E-state index contributed by atoms with van der Waals surface area (Å²) in [5, 5.41) is 17.6. The Morgan fingerprint density at radius 1 is 1.33 bits per heavy atom. The highest BCUT2D eigenvalue weighted by Crippen LogP contribution is 2.20. The number of carbonyl (C=O) groups excluding carboxylic acids is 1. The predicted molar refractivity (Wildman–Crippen MR) is 90.4 cm³/mol. The SMILES string of the molecule is Cc1ccccc1-n1ncc(C(=O)NCC2(O)CCOCC2)c1C. The van der Waals surface area contributed by atoms with Crippen LogP contribution in [0.1, 0.15) is 34.5 Å². The minimum absolute atomic E-state index is 0.216. The number of aromatic nitrogens is 2. The van der Waals surface area contributed by atoms with Gasteiger partial charge in [0, 0.05) is 32.6 Å². The van der Waals surface area contributed by atoms with E-state index in [1.807, 2.05) is 38.1 Å². The largest absolute Gasteiger partial charge is 0.388 e. The van der Waals surface area contributed by atoms with E-state index in [4.69, 9.17) is 4.74 Å². The molecule has 0 radical (unpaired) electrons. The van der Waals surface area contributed by atoms with E-state index in [1.54, 1.807) is 10.9 Å². The fourth-order valence-corrected chi connectivity index (χ4v) is 2.94. The van der Waals surface area contributed by atoms with Gasteiger partial charge < -0.3 is 15.2 Å². The zero-order valence-corrected chi connectivity index (χ0v) is 14.1. The molecule has 6 nitrogen and oxygen atoms in total. The van der Waals surface area contributed by atoms with Crippen LogP contribution in [0.25, 0.3) is 5.69 Å². The zero-order chi connectivity index (χ0) is 17.2. The summed E-state index contributed by atoms with van der Waals surface area (Å²) in [5.41, 5.74) is 2.47. The molecule has 1 saturated heterocycles. The summed E-state index contributed by atoms with van der Waals surface area (Å²) in [4.78, 5) is 12.5. The Kier molecular flexibility index (Phi) is 4.69. The molecule has 2 heterocycles. The molecule has 1 aromatic heterocycles. The number of nitrogens with zero attached hydrogens (tertiary/aromatic N) is 2. The first kappa shape index (κ1) is 16.7. The first-order chi connectivity index (χ1) is 11.5. The number of ether oxygens (including phenoxy) is 1. The number of hydrogen-bond acceptors (Lipinski definition) is 4. The molecule has 1 aliphatic rings. The molecule has 1 aliphatic heterocycles. The van der Waals surface area contributed by atoms with Crippen molar-refractivity contribution in [2.24, 2.45) is 0 Å². The lowest BCUT2D eigenvalue weighted by molar-refractivity contribution is -0.0605. The standard InChI is InChI=1S/C18H23N3O3/c1-13-5-3-4-6-16(13)21-14(2)15(11-20-21)17(22)19-12-18(23)7-9-24-10-8-18/h3-6,11,23H,7-10,12H2,1-2H3,(H,19,22). The van der Waals surface area contributed by atoms with E-state index >= 15 is 0 Å². The van der Waals surface area contributed by atoms with Crippen LogP contribution in [-0.4, -0.2) is 46.2 Å². The van der Waals surface area contributed by atoms with Gasteiger partial charge >= 0.3 is 0 Å². The van der Waals surface area contributed by atoms with Crippen molar-refractivity contribution < 1.29 is 14.6 Å². The summed E-state index contributed by atoms with van der Waals surface area (Å²) in [6.07, 6.45) is 2.65. The van der Waals surface area contributed by atoms with Crippen LogP contribution in [-0.2, 0) is 4.74 Å². The van der Waals surface area contributed by atoms with Gasteiger partial charge in [-0.15, -0.1) is 0 Å². The highest BCUT2D eigenvalue weighted by molar-refractivity contribution is 5.95. The van der Waals surface area contributed by atoms with Crippen molar-refractivity contribution in [3.05, 3.63) is 47.3 Å². The number of aliphatic hydroxyl groups is 1. The van der Waals surface area contributed by atoms with E-state index < -0.39 is 5.60 Å². The third-order valence-corrected chi connectivity index (χ3v) is 4.60. The molecule has 2 aromatic rings. The molecule has 0 unspecified atom stereocenters. The molecule has 0 bridgehead atoms. The van der Waals surface area contributed by atoms with Gasteiger partial charge in [-0.3, -0.25) is 4.79 Å². The number of carbonyl (C=O) groups is 1. The van der Waals surface area contributed by atoms with Crippen molar-refractivity contribution in [2.45, 2.75) is 32.3 Å². The Hall–Kier alpha value is -2.18. The van der Waals surface area contributed by atoms with Gasteiger partial charge in [-0.25, -0.2) is 4.68 Å². The van der Waals surface area contributed by atoms with Crippen molar-refractivity contribution in [1.29, 1.82) is 0 Å². The predicted octanol–water partition coefficient (Wildman–Crippen LogP) is 1.76. The molecule has 2 N–H and O–H groups in total. The first-order valence-electron chi connectivity index (χ1n) is 8.19. The summed E-state index contributed by atoms with van der Waals surface area (Å²) in [7, 11) is 0. The molecule has 3 rings (SSSR count). The van der Waals surface area contributed by atoms with Gasteiger partial charge in [0.2, 0.25) is 0 Å². The molecule has 128 valence electrons. The topological polar surface area (TPSA) is 76.4 Å². The second-order valence-electron chi connectivity index (χ2n) is 6.36. The Morgan fingerprint density at radius 3 is 2.75 bits per heavy atom. The number of rotatable bonds is 4. The van der Waals surface area contributed by atoms with Crippen molar-refractivity contribution >= 4 is 5.91 Å². The molecule has 1 fully saturated rings. The number of benzene rings is 1. The van der Waals surface area contributed by atoms with E-state index in [9.17, 15) is 9.90 Å². The minimum Gasteiger partial charge on any atom is -0.388 e. The van der Waals surface area contributed by atoms with Crippen molar-refractivity contribution in [2.75, 3.05) is 19.8 Å². The van der Waals surface area contributed by atoms with Crippen LogP contribution in [0.3, 0.4) is 0 Å². The Labute approximate surface area is 141 Å². The number of nitrogens with one attached hydrogen (secondary N) is 1. The van der Waals surface area contributed by atoms with Crippen LogP contribution >= 0.6 is 0 Å².